The highest BCUT2D eigenvalue weighted by atomic mass is 16.5. The summed E-state index contributed by atoms with van der Waals surface area (Å²) in [5, 5.41) is 8.84. The van der Waals surface area contributed by atoms with Crippen LogP contribution in [0.15, 0.2) is 18.2 Å². The number of aliphatic hydroxyl groups is 1. The maximum atomic E-state index is 8.84. The summed E-state index contributed by atoms with van der Waals surface area (Å²) in [4.78, 5) is 0. The van der Waals surface area contributed by atoms with Crippen LogP contribution < -0.4 is 10.5 Å². The molecule has 0 aliphatic rings. The zero-order chi connectivity index (χ0) is 12.1. The fraction of sp³-hybridized carbons (Fsp3) is 0.538. The van der Waals surface area contributed by atoms with Crippen molar-refractivity contribution in [2.24, 2.45) is 5.73 Å². The molecule has 3 heteroatoms. The van der Waals surface area contributed by atoms with E-state index in [4.69, 9.17) is 15.6 Å². The fourth-order valence-corrected chi connectivity index (χ4v) is 1.49. The summed E-state index contributed by atoms with van der Waals surface area (Å²) in [6.45, 7) is 6.58. The highest BCUT2D eigenvalue weighted by Crippen LogP contribution is 2.27. The van der Waals surface area contributed by atoms with E-state index in [1.54, 1.807) is 0 Å². The maximum Gasteiger partial charge on any atom is 0.123 e. The van der Waals surface area contributed by atoms with E-state index >= 15 is 0 Å². The van der Waals surface area contributed by atoms with Crippen LogP contribution in [0.1, 0.15) is 30.9 Å². The van der Waals surface area contributed by atoms with Crippen LogP contribution >= 0.6 is 0 Å². The van der Waals surface area contributed by atoms with Gasteiger partial charge in [-0.3, -0.25) is 0 Å². The minimum atomic E-state index is -0.319. The average molecular weight is 223 g/mol. The zero-order valence-electron chi connectivity index (χ0n) is 10.2. The van der Waals surface area contributed by atoms with E-state index in [9.17, 15) is 0 Å². The van der Waals surface area contributed by atoms with E-state index < -0.39 is 0 Å². The Bertz CT molecular complexity index is 337. The molecule has 1 rings (SSSR count). The van der Waals surface area contributed by atoms with Crippen molar-refractivity contribution >= 4 is 0 Å². The molecule has 1 unspecified atom stereocenters. The van der Waals surface area contributed by atoms with Gasteiger partial charge in [-0.1, -0.05) is 26.0 Å². The van der Waals surface area contributed by atoms with Gasteiger partial charge in [0, 0.05) is 0 Å². The van der Waals surface area contributed by atoms with Crippen molar-refractivity contribution in [2.75, 3.05) is 13.2 Å². The topological polar surface area (TPSA) is 55.5 Å². The molecule has 90 valence electrons. The first-order chi connectivity index (χ1) is 7.54. The number of aliphatic hydroxyl groups excluding tert-OH is 1. The summed E-state index contributed by atoms with van der Waals surface area (Å²) in [6.07, 6.45) is 0. The van der Waals surface area contributed by atoms with Crippen molar-refractivity contribution in [3.05, 3.63) is 29.3 Å². The summed E-state index contributed by atoms with van der Waals surface area (Å²) in [5.74, 6) is 1.29. The van der Waals surface area contributed by atoms with Gasteiger partial charge in [0.1, 0.15) is 12.4 Å². The molecule has 0 fully saturated rings. The Labute approximate surface area is 97.2 Å². The first kappa shape index (κ1) is 13.0. The van der Waals surface area contributed by atoms with Crippen LogP contribution in [0.4, 0.5) is 0 Å². The summed E-state index contributed by atoms with van der Waals surface area (Å²) in [6, 6.07) is 5.86. The Morgan fingerprint density at radius 1 is 1.38 bits per heavy atom. The number of hydrogen-bond acceptors (Lipinski definition) is 3. The minimum absolute atomic E-state index is 0.0528. The van der Waals surface area contributed by atoms with E-state index in [-0.39, 0.29) is 12.6 Å². The number of hydrogen-bond donors (Lipinski definition) is 2. The predicted molar refractivity (Wildman–Crippen MR) is 65.8 cm³/mol. The highest BCUT2D eigenvalue weighted by molar-refractivity contribution is 5.39. The van der Waals surface area contributed by atoms with Crippen molar-refractivity contribution in [3.63, 3.8) is 0 Å². The van der Waals surface area contributed by atoms with E-state index in [2.05, 4.69) is 26.0 Å². The largest absolute Gasteiger partial charge is 0.492 e. The standard InChI is InChI=1S/C13H21NO2/c1-9(2)12-5-4-10(3)6-13(12)16-8-11(14)7-15/h4-6,9,11,15H,7-8,14H2,1-3H3. The molecule has 0 bridgehead atoms. The Balaban J connectivity index is 2.80. The molecule has 0 aliphatic heterocycles. The second-order valence-electron chi connectivity index (χ2n) is 4.45. The van der Waals surface area contributed by atoms with Crippen molar-refractivity contribution < 1.29 is 9.84 Å². The lowest BCUT2D eigenvalue weighted by Crippen LogP contribution is -2.31. The molecule has 0 spiro atoms. The van der Waals surface area contributed by atoms with Gasteiger partial charge < -0.3 is 15.6 Å². The lowest BCUT2D eigenvalue weighted by atomic mass is 10.0. The molecule has 0 aromatic heterocycles. The van der Waals surface area contributed by atoms with Crippen molar-refractivity contribution in [2.45, 2.75) is 32.7 Å². The van der Waals surface area contributed by atoms with Crippen LogP contribution in [-0.2, 0) is 0 Å². The molecule has 0 saturated carbocycles. The van der Waals surface area contributed by atoms with Gasteiger partial charge in [-0.05, 0) is 30.0 Å². The summed E-state index contributed by atoms with van der Waals surface area (Å²) in [5.41, 5.74) is 7.95. The van der Waals surface area contributed by atoms with Gasteiger partial charge in [0.15, 0.2) is 0 Å². The van der Waals surface area contributed by atoms with Gasteiger partial charge in [0.2, 0.25) is 0 Å². The third kappa shape index (κ3) is 3.51. The number of aryl methyl sites for hydroxylation is 1. The Kier molecular flexibility index (Phi) is 4.77. The van der Waals surface area contributed by atoms with Gasteiger partial charge in [0.05, 0.1) is 12.6 Å². The monoisotopic (exact) mass is 223 g/mol. The van der Waals surface area contributed by atoms with Gasteiger partial charge in [-0.2, -0.15) is 0 Å². The smallest absolute Gasteiger partial charge is 0.123 e. The molecule has 0 aliphatic carbocycles. The van der Waals surface area contributed by atoms with E-state index in [1.807, 2.05) is 13.0 Å². The molecule has 1 atom stereocenters. The Morgan fingerprint density at radius 3 is 2.62 bits per heavy atom. The highest BCUT2D eigenvalue weighted by Gasteiger charge is 2.09. The zero-order valence-corrected chi connectivity index (χ0v) is 10.2. The second kappa shape index (κ2) is 5.87. The summed E-state index contributed by atoms with van der Waals surface area (Å²) in [7, 11) is 0. The lowest BCUT2D eigenvalue weighted by molar-refractivity contribution is 0.205. The maximum absolute atomic E-state index is 8.84. The van der Waals surface area contributed by atoms with Gasteiger partial charge in [0.25, 0.3) is 0 Å². The van der Waals surface area contributed by atoms with Crippen LogP contribution in [0.2, 0.25) is 0 Å². The molecule has 0 heterocycles. The predicted octanol–water partition coefficient (Wildman–Crippen LogP) is 1.82. The fourth-order valence-electron chi connectivity index (χ4n) is 1.49. The number of ether oxygens (including phenoxy) is 1. The molecule has 0 saturated heterocycles. The third-order valence-electron chi connectivity index (χ3n) is 2.48. The van der Waals surface area contributed by atoms with Gasteiger partial charge in [-0.15, -0.1) is 0 Å². The van der Waals surface area contributed by atoms with Crippen LogP contribution in [0.5, 0.6) is 5.75 Å². The van der Waals surface area contributed by atoms with Gasteiger partial charge in [-0.25, -0.2) is 0 Å². The van der Waals surface area contributed by atoms with Crippen LogP contribution in [0, 0.1) is 6.92 Å². The van der Waals surface area contributed by atoms with E-state index in [0.29, 0.717) is 12.5 Å². The first-order valence-corrected chi connectivity index (χ1v) is 5.64. The van der Waals surface area contributed by atoms with Gasteiger partial charge >= 0.3 is 0 Å². The normalized spacial score (nSPS) is 12.9. The second-order valence-corrected chi connectivity index (χ2v) is 4.45. The molecule has 16 heavy (non-hydrogen) atoms. The molecule has 0 amide bonds. The molecule has 1 aromatic carbocycles. The minimum Gasteiger partial charge on any atom is -0.492 e. The molecule has 0 radical (unpaired) electrons. The van der Waals surface area contributed by atoms with Crippen LogP contribution in [0.25, 0.3) is 0 Å². The van der Waals surface area contributed by atoms with E-state index in [0.717, 1.165) is 11.3 Å². The molecule has 3 nitrogen and oxygen atoms in total. The number of nitrogens with two attached hydrogens (primary N) is 1. The van der Waals surface area contributed by atoms with Crippen molar-refractivity contribution in [1.29, 1.82) is 0 Å². The molecular formula is C13H21NO2. The Morgan fingerprint density at radius 2 is 2.06 bits per heavy atom. The number of benzene rings is 1. The van der Waals surface area contributed by atoms with E-state index in [1.165, 1.54) is 5.56 Å². The van der Waals surface area contributed by atoms with Crippen LogP contribution in [-0.4, -0.2) is 24.4 Å². The lowest BCUT2D eigenvalue weighted by Gasteiger charge is -2.16. The van der Waals surface area contributed by atoms with Crippen LogP contribution in [0.3, 0.4) is 0 Å². The third-order valence-corrected chi connectivity index (χ3v) is 2.48. The molecule has 1 aromatic rings. The summed E-state index contributed by atoms with van der Waals surface area (Å²) >= 11 is 0. The molecule has 3 N–H and O–H groups in total. The SMILES string of the molecule is Cc1ccc(C(C)C)c(OCC(N)CO)c1. The van der Waals surface area contributed by atoms with Crippen molar-refractivity contribution in [3.8, 4) is 5.75 Å². The summed E-state index contributed by atoms with van der Waals surface area (Å²) < 4.78 is 5.65. The average Bonchev–Trinajstić information content (AvgIpc) is 2.25. The molecular weight excluding hydrogens is 202 g/mol. The number of rotatable bonds is 5. The quantitative estimate of drug-likeness (QED) is 0.800. The Hall–Kier alpha value is -1.06. The first-order valence-electron chi connectivity index (χ1n) is 5.64. The van der Waals surface area contributed by atoms with Crippen molar-refractivity contribution in [1.82, 2.24) is 0 Å².